The van der Waals surface area contributed by atoms with Crippen LogP contribution in [0.1, 0.15) is 15.9 Å². The van der Waals surface area contributed by atoms with Crippen molar-refractivity contribution in [3.05, 3.63) is 57.3 Å². The summed E-state index contributed by atoms with van der Waals surface area (Å²) in [6.07, 6.45) is 1.66. The molecule has 0 aliphatic heterocycles. The van der Waals surface area contributed by atoms with E-state index in [0.717, 1.165) is 9.13 Å². The van der Waals surface area contributed by atoms with Crippen molar-refractivity contribution in [2.24, 2.45) is 0 Å². The van der Waals surface area contributed by atoms with E-state index >= 15 is 0 Å². The average molecular weight is 368 g/mol. The number of amides is 1. The van der Waals surface area contributed by atoms with Crippen LogP contribution in [-0.4, -0.2) is 18.0 Å². The van der Waals surface area contributed by atoms with Gasteiger partial charge in [0, 0.05) is 27.9 Å². The lowest BCUT2D eigenvalue weighted by atomic mass is 10.2. The number of benzene rings is 1. The summed E-state index contributed by atoms with van der Waals surface area (Å²) in [5.41, 5.74) is 1.60. The van der Waals surface area contributed by atoms with E-state index in [1.807, 2.05) is 30.3 Å². The first-order valence-electron chi connectivity index (χ1n) is 5.72. The highest BCUT2D eigenvalue weighted by Crippen LogP contribution is 2.09. The van der Waals surface area contributed by atoms with Crippen molar-refractivity contribution in [2.45, 2.75) is 6.54 Å². The van der Waals surface area contributed by atoms with Crippen LogP contribution in [0.2, 0.25) is 0 Å². The Morgan fingerprint density at radius 1 is 1.32 bits per heavy atom. The van der Waals surface area contributed by atoms with Crippen molar-refractivity contribution in [1.29, 1.82) is 0 Å². The lowest BCUT2D eigenvalue weighted by Gasteiger charge is -2.06. The van der Waals surface area contributed by atoms with Crippen LogP contribution in [0, 0.1) is 3.57 Å². The molecular weight excluding hydrogens is 355 g/mol. The van der Waals surface area contributed by atoms with Gasteiger partial charge in [-0.15, -0.1) is 0 Å². The molecule has 0 saturated heterocycles. The Morgan fingerprint density at radius 2 is 2.05 bits per heavy atom. The molecule has 19 heavy (non-hydrogen) atoms. The standard InChI is InChI=1S/C14H13IN2O2/c1-19-13-8-10(6-7-16-13)9-17-14(18)11-2-4-12(15)5-3-11/h2-8H,9H2,1H3,(H,17,18). The Hall–Kier alpha value is -1.63. The van der Waals surface area contributed by atoms with Gasteiger partial charge in [-0.25, -0.2) is 4.98 Å². The fraction of sp³-hybridized carbons (Fsp3) is 0.143. The van der Waals surface area contributed by atoms with E-state index in [4.69, 9.17) is 4.74 Å². The second-order valence-electron chi connectivity index (χ2n) is 3.90. The van der Waals surface area contributed by atoms with Crippen molar-refractivity contribution in [2.75, 3.05) is 7.11 Å². The molecule has 1 N–H and O–H groups in total. The highest BCUT2D eigenvalue weighted by atomic mass is 127. The number of nitrogens with one attached hydrogen (secondary N) is 1. The monoisotopic (exact) mass is 368 g/mol. The van der Waals surface area contributed by atoms with Crippen molar-refractivity contribution in [3.63, 3.8) is 0 Å². The van der Waals surface area contributed by atoms with Gasteiger partial charge in [0.2, 0.25) is 5.88 Å². The third-order valence-electron chi connectivity index (χ3n) is 2.57. The van der Waals surface area contributed by atoms with Crippen LogP contribution < -0.4 is 10.1 Å². The fourth-order valence-electron chi connectivity index (χ4n) is 1.56. The van der Waals surface area contributed by atoms with Crippen molar-refractivity contribution < 1.29 is 9.53 Å². The van der Waals surface area contributed by atoms with Crippen molar-refractivity contribution in [1.82, 2.24) is 10.3 Å². The number of rotatable bonds is 4. The van der Waals surface area contributed by atoms with Gasteiger partial charge < -0.3 is 10.1 Å². The van der Waals surface area contributed by atoms with Gasteiger partial charge in [0.15, 0.2) is 0 Å². The molecule has 0 radical (unpaired) electrons. The minimum absolute atomic E-state index is 0.0906. The number of ether oxygens (including phenoxy) is 1. The molecule has 1 amide bonds. The molecule has 98 valence electrons. The molecule has 0 aliphatic carbocycles. The maximum absolute atomic E-state index is 11.9. The van der Waals surface area contributed by atoms with Crippen LogP contribution in [0.15, 0.2) is 42.6 Å². The fourth-order valence-corrected chi connectivity index (χ4v) is 1.92. The summed E-state index contributed by atoms with van der Waals surface area (Å²) in [5.74, 6) is 0.452. The topological polar surface area (TPSA) is 51.2 Å². The van der Waals surface area contributed by atoms with Crippen LogP contribution in [0.3, 0.4) is 0 Å². The Balaban J connectivity index is 1.98. The third-order valence-corrected chi connectivity index (χ3v) is 3.29. The first-order chi connectivity index (χ1) is 9.19. The number of methoxy groups -OCH3 is 1. The van der Waals surface area contributed by atoms with Gasteiger partial charge in [0.1, 0.15) is 0 Å². The van der Waals surface area contributed by atoms with Gasteiger partial charge in [0.05, 0.1) is 7.11 Å². The minimum atomic E-state index is -0.0906. The molecule has 0 saturated carbocycles. The molecule has 1 aromatic heterocycles. The van der Waals surface area contributed by atoms with E-state index in [0.29, 0.717) is 18.0 Å². The van der Waals surface area contributed by atoms with E-state index < -0.39 is 0 Å². The number of aromatic nitrogens is 1. The Bertz CT molecular complexity index is 570. The second-order valence-corrected chi connectivity index (χ2v) is 5.14. The Morgan fingerprint density at radius 3 is 2.74 bits per heavy atom. The van der Waals surface area contributed by atoms with Gasteiger partial charge in [-0.05, 0) is 58.5 Å². The largest absolute Gasteiger partial charge is 0.481 e. The molecular formula is C14H13IN2O2. The van der Waals surface area contributed by atoms with E-state index in [-0.39, 0.29) is 5.91 Å². The summed E-state index contributed by atoms with van der Waals surface area (Å²) in [6, 6.07) is 11.1. The van der Waals surface area contributed by atoms with Gasteiger partial charge in [-0.1, -0.05) is 0 Å². The van der Waals surface area contributed by atoms with Crippen LogP contribution in [0.5, 0.6) is 5.88 Å². The third kappa shape index (κ3) is 3.92. The number of hydrogen-bond acceptors (Lipinski definition) is 3. The van der Waals surface area contributed by atoms with Gasteiger partial charge in [-0.2, -0.15) is 0 Å². The van der Waals surface area contributed by atoms with Gasteiger partial charge in [0.25, 0.3) is 5.91 Å². The summed E-state index contributed by atoms with van der Waals surface area (Å²) in [5, 5.41) is 2.86. The number of carbonyl (C=O) groups excluding carboxylic acids is 1. The number of carbonyl (C=O) groups is 1. The van der Waals surface area contributed by atoms with Crippen LogP contribution in [0.4, 0.5) is 0 Å². The molecule has 0 spiro atoms. The highest BCUT2D eigenvalue weighted by molar-refractivity contribution is 14.1. The van der Waals surface area contributed by atoms with Crippen molar-refractivity contribution in [3.8, 4) is 5.88 Å². The molecule has 0 aliphatic rings. The van der Waals surface area contributed by atoms with E-state index in [2.05, 4.69) is 32.9 Å². The molecule has 0 fully saturated rings. The number of nitrogens with zero attached hydrogens (tertiary/aromatic N) is 1. The van der Waals surface area contributed by atoms with E-state index in [9.17, 15) is 4.79 Å². The average Bonchev–Trinajstić information content (AvgIpc) is 2.46. The predicted octanol–water partition coefficient (Wildman–Crippen LogP) is 2.62. The normalized spacial score (nSPS) is 10.0. The molecule has 4 nitrogen and oxygen atoms in total. The summed E-state index contributed by atoms with van der Waals surface area (Å²) >= 11 is 2.21. The maximum atomic E-state index is 11.9. The van der Waals surface area contributed by atoms with E-state index in [1.165, 1.54) is 0 Å². The zero-order valence-electron chi connectivity index (χ0n) is 10.4. The smallest absolute Gasteiger partial charge is 0.251 e. The van der Waals surface area contributed by atoms with Crippen molar-refractivity contribution >= 4 is 28.5 Å². The number of halogens is 1. The van der Waals surface area contributed by atoms with E-state index in [1.54, 1.807) is 19.4 Å². The number of hydrogen-bond donors (Lipinski definition) is 1. The highest BCUT2D eigenvalue weighted by Gasteiger charge is 2.05. The summed E-state index contributed by atoms with van der Waals surface area (Å²) in [6.45, 7) is 0.448. The first-order valence-corrected chi connectivity index (χ1v) is 6.79. The quantitative estimate of drug-likeness (QED) is 0.845. The SMILES string of the molecule is COc1cc(CNC(=O)c2ccc(I)cc2)ccn1. The molecule has 0 atom stereocenters. The zero-order chi connectivity index (χ0) is 13.7. The minimum Gasteiger partial charge on any atom is -0.481 e. The Kier molecular flexibility index (Phi) is 4.73. The zero-order valence-corrected chi connectivity index (χ0v) is 12.5. The molecule has 2 aromatic rings. The second kappa shape index (κ2) is 6.51. The molecule has 5 heteroatoms. The maximum Gasteiger partial charge on any atom is 0.251 e. The molecule has 0 unspecified atom stereocenters. The first kappa shape index (κ1) is 13.8. The van der Waals surface area contributed by atoms with Crippen LogP contribution >= 0.6 is 22.6 Å². The lowest BCUT2D eigenvalue weighted by molar-refractivity contribution is 0.0951. The summed E-state index contributed by atoms with van der Waals surface area (Å²) < 4.78 is 6.14. The molecule has 2 rings (SSSR count). The van der Waals surface area contributed by atoms with Gasteiger partial charge in [-0.3, -0.25) is 4.79 Å². The van der Waals surface area contributed by atoms with Gasteiger partial charge >= 0.3 is 0 Å². The van der Waals surface area contributed by atoms with Crippen LogP contribution in [0.25, 0.3) is 0 Å². The molecule has 1 aromatic carbocycles. The summed E-state index contributed by atoms with van der Waals surface area (Å²) in [7, 11) is 1.57. The van der Waals surface area contributed by atoms with Crippen LogP contribution in [-0.2, 0) is 6.54 Å². The lowest BCUT2D eigenvalue weighted by Crippen LogP contribution is -2.22. The predicted molar refractivity (Wildman–Crippen MR) is 81.1 cm³/mol. The molecule has 0 bridgehead atoms. The molecule has 1 heterocycles. The summed E-state index contributed by atoms with van der Waals surface area (Å²) in [4.78, 5) is 15.9. The number of pyridine rings is 1. The Labute approximate surface area is 125 Å².